The van der Waals surface area contributed by atoms with E-state index in [9.17, 15) is 0 Å². The summed E-state index contributed by atoms with van der Waals surface area (Å²) in [5.74, 6) is 0. The van der Waals surface area contributed by atoms with Gasteiger partial charge in [-0.1, -0.05) is 34.9 Å². The molecule has 0 fully saturated rings. The maximum absolute atomic E-state index is 7.68. The first-order chi connectivity index (χ1) is 7.21. The zero-order valence-corrected chi connectivity index (χ0v) is 7.17. The minimum absolute atomic E-state index is 0.0130. The average molecular weight is 205 g/mol. The predicted molar refractivity (Wildman–Crippen MR) is 48.3 cm³/mol. The minimum atomic E-state index is -2.37. The lowest BCUT2D eigenvalue weighted by atomic mass is 10.1. The molecule has 0 amide bonds. The van der Waals surface area contributed by atoms with E-state index in [1.807, 2.05) is 0 Å². The van der Waals surface area contributed by atoms with Crippen LogP contribution in [-0.2, 0) is 6.42 Å². The summed E-state index contributed by atoms with van der Waals surface area (Å²) in [5, 5.41) is 0. The van der Waals surface area contributed by atoms with Crippen molar-refractivity contribution in [2.75, 3.05) is 0 Å². The molecule has 0 radical (unpaired) electrons. The number of benzene rings is 1. The van der Waals surface area contributed by atoms with Gasteiger partial charge in [0.1, 0.15) is 0 Å². The monoisotopic (exact) mass is 204 g/mol. The van der Waals surface area contributed by atoms with Crippen LogP contribution in [0.5, 0.6) is 0 Å². The van der Waals surface area contributed by atoms with Crippen LogP contribution in [0.2, 0.25) is 0 Å². The lowest BCUT2D eigenvalue weighted by Gasteiger charge is -2.02. The Morgan fingerprint density at radius 1 is 1.70 bits per heavy atom. The summed E-state index contributed by atoms with van der Waals surface area (Å²) in [5.41, 5.74) is 0.300. The van der Waals surface area contributed by atoms with E-state index in [2.05, 4.69) is 15.9 Å². The van der Waals surface area contributed by atoms with Crippen LogP contribution in [-0.4, -0.2) is 0 Å². The van der Waals surface area contributed by atoms with Crippen LogP contribution in [0, 0.1) is 6.85 Å². The first kappa shape index (κ1) is 2.98. The van der Waals surface area contributed by atoms with Crippen LogP contribution in [0.15, 0.2) is 22.6 Å². The SMILES string of the molecule is [2H]c1c([2H])c(Br)c(C([2H])([2H])[2H])c(CC)c1[2H]. The summed E-state index contributed by atoms with van der Waals surface area (Å²) < 4.78 is 45.1. The molecular formula is C9H11Br. The molecule has 0 N–H and O–H groups in total. The molecule has 0 saturated carbocycles. The van der Waals surface area contributed by atoms with Crippen molar-refractivity contribution in [1.29, 1.82) is 0 Å². The normalized spacial score (nSPS) is 19.8. The third kappa shape index (κ3) is 1.40. The van der Waals surface area contributed by atoms with Crippen LogP contribution in [0.1, 0.15) is 26.3 Å². The predicted octanol–water partition coefficient (Wildman–Crippen LogP) is 3.32. The molecule has 0 atom stereocenters. The van der Waals surface area contributed by atoms with Crippen LogP contribution >= 0.6 is 15.9 Å². The van der Waals surface area contributed by atoms with E-state index in [0.29, 0.717) is 12.0 Å². The Kier molecular flexibility index (Phi) is 0.953. The summed E-state index contributed by atoms with van der Waals surface area (Å²) in [6.45, 7) is -0.637. The highest BCUT2D eigenvalue weighted by Crippen LogP contribution is 2.19. The first-order valence-corrected chi connectivity index (χ1v) is 3.79. The summed E-state index contributed by atoms with van der Waals surface area (Å²) >= 11 is 3.04. The second kappa shape index (κ2) is 3.20. The van der Waals surface area contributed by atoms with E-state index in [0.717, 1.165) is 0 Å². The van der Waals surface area contributed by atoms with Gasteiger partial charge in [0.15, 0.2) is 0 Å². The van der Waals surface area contributed by atoms with Gasteiger partial charge in [-0.2, -0.15) is 0 Å². The molecule has 0 bridgehead atoms. The van der Waals surface area contributed by atoms with Crippen molar-refractivity contribution in [3.05, 3.63) is 33.7 Å². The fourth-order valence-electron chi connectivity index (χ4n) is 0.684. The fourth-order valence-corrected chi connectivity index (χ4v) is 1.02. The highest BCUT2D eigenvalue weighted by Gasteiger charge is 1.97. The van der Waals surface area contributed by atoms with Gasteiger partial charge in [0.05, 0.1) is 4.11 Å². The summed E-state index contributed by atoms with van der Waals surface area (Å²) in [4.78, 5) is 0. The molecule has 1 rings (SSSR count). The molecule has 1 heteroatoms. The first-order valence-electron chi connectivity index (χ1n) is 6.00. The van der Waals surface area contributed by atoms with Gasteiger partial charge in [-0.15, -0.1) is 0 Å². The third-order valence-corrected chi connectivity index (χ3v) is 1.86. The topological polar surface area (TPSA) is 0 Å². The second-order valence-corrected chi connectivity index (χ2v) is 2.69. The fraction of sp³-hybridized carbons (Fsp3) is 0.333. The summed E-state index contributed by atoms with van der Waals surface area (Å²) in [6, 6.07) is -0.646. The Bertz CT molecular complexity index is 423. The van der Waals surface area contributed by atoms with Gasteiger partial charge >= 0.3 is 0 Å². The molecule has 0 saturated heterocycles. The minimum Gasteiger partial charge on any atom is -0.0613 e. The van der Waals surface area contributed by atoms with Gasteiger partial charge in [0, 0.05) is 8.58 Å². The smallest absolute Gasteiger partial charge is 0.0613 e. The second-order valence-electron chi connectivity index (χ2n) is 1.90. The molecule has 10 heavy (non-hydrogen) atoms. The Morgan fingerprint density at radius 3 is 3.10 bits per heavy atom. The zero-order chi connectivity index (χ0) is 12.7. The highest BCUT2D eigenvalue weighted by molar-refractivity contribution is 9.10. The van der Waals surface area contributed by atoms with Crippen molar-refractivity contribution in [2.24, 2.45) is 0 Å². The van der Waals surface area contributed by atoms with Gasteiger partial charge in [-0.25, -0.2) is 0 Å². The molecule has 1 aromatic rings. The van der Waals surface area contributed by atoms with E-state index in [-0.39, 0.29) is 28.2 Å². The van der Waals surface area contributed by atoms with Crippen LogP contribution in [0.25, 0.3) is 0 Å². The summed E-state index contributed by atoms with van der Waals surface area (Å²) in [6.07, 6.45) is 0.358. The maximum Gasteiger partial charge on any atom is 0.0635 e. The molecule has 0 aliphatic heterocycles. The van der Waals surface area contributed by atoms with Gasteiger partial charge in [-0.05, 0) is 30.4 Å². The van der Waals surface area contributed by atoms with Crippen LogP contribution in [0.3, 0.4) is 0 Å². The maximum atomic E-state index is 7.68. The molecule has 0 nitrogen and oxygen atoms in total. The van der Waals surface area contributed by atoms with Crippen molar-refractivity contribution < 1.29 is 8.22 Å². The van der Waals surface area contributed by atoms with Crippen molar-refractivity contribution in [1.82, 2.24) is 0 Å². The largest absolute Gasteiger partial charge is 0.0635 e. The number of halogens is 1. The Labute approximate surface area is 78.8 Å². The zero-order valence-electron chi connectivity index (χ0n) is 11.6. The molecule has 0 heterocycles. The van der Waals surface area contributed by atoms with Gasteiger partial charge in [0.25, 0.3) is 0 Å². The molecule has 1 aromatic carbocycles. The van der Waals surface area contributed by atoms with E-state index >= 15 is 0 Å². The molecule has 0 aliphatic rings. The molecule has 0 unspecified atom stereocenters. The van der Waals surface area contributed by atoms with Gasteiger partial charge < -0.3 is 0 Å². The molecule has 0 spiro atoms. The van der Waals surface area contributed by atoms with Gasteiger partial charge in [-0.3, -0.25) is 0 Å². The summed E-state index contributed by atoms with van der Waals surface area (Å²) in [7, 11) is 0. The molecular weight excluding hydrogens is 188 g/mol. The van der Waals surface area contributed by atoms with Crippen LogP contribution in [0.4, 0.5) is 0 Å². The molecule has 54 valence electrons. The van der Waals surface area contributed by atoms with Crippen LogP contribution < -0.4 is 0 Å². The van der Waals surface area contributed by atoms with Crippen molar-refractivity contribution >= 4 is 15.9 Å². The Hall–Kier alpha value is -0.300. The Balaban J connectivity index is 3.72. The van der Waals surface area contributed by atoms with Gasteiger partial charge in [0.2, 0.25) is 0 Å². The average Bonchev–Trinajstić information content (AvgIpc) is 2.18. The third-order valence-electron chi connectivity index (χ3n) is 1.26. The lowest BCUT2D eigenvalue weighted by Crippen LogP contribution is -1.85. The standard InChI is InChI=1S/C9H11Br/c1-3-8-5-4-6-9(10)7(8)2/h4-6H,3H2,1-2H3/i2D3,4D,5D,6D. The van der Waals surface area contributed by atoms with Crippen molar-refractivity contribution in [3.8, 4) is 0 Å². The van der Waals surface area contributed by atoms with E-state index < -0.39 is 6.85 Å². The lowest BCUT2D eigenvalue weighted by molar-refractivity contribution is 1.10. The quantitative estimate of drug-likeness (QED) is 0.659. The Morgan fingerprint density at radius 2 is 2.50 bits per heavy atom. The molecule has 0 aromatic heterocycles. The molecule has 0 aliphatic carbocycles. The van der Waals surface area contributed by atoms with E-state index in [4.69, 9.17) is 8.22 Å². The van der Waals surface area contributed by atoms with E-state index in [1.165, 1.54) is 0 Å². The van der Waals surface area contributed by atoms with Crippen molar-refractivity contribution in [2.45, 2.75) is 20.2 Å². The number of hydrogen-bond donors (Lipinski definition) is 0. The van der Waals surface area contributed by atoms with E-state index in [1.54, 1.807) is 6.92 Å². The number of rotatable bonds is 1. The number of hydrogen-bond acceptors (Lipinski definition) is 0. The van der Waals surface area contributed by atoms with Crippen molar-refractivity contribution in [3.63, 3.8) is 0 Å². The highest BCUT2D eigenvalue weighted by atomic mass is 79.9.